The van der Waals surface area contributed by atoms with Crippen LogP contribution >= 0.6 is 46.3 Å². The van der Waals surface area contributed by atoms with Crippen LogP contribution in [0.2, 0.25) is 10.0 Å². The zero-order valence-electron chi connectivity index (χ0n) is 22.8. The van der Waals surface area contributed by atoms with Crippen LogP contribution in [0.1, 0.15) is 59.9 Å². The average molecular weight is 622 g/mol. The van der Waals surface area contributed by atoms with Crippen molar-refractivity contribution in [2.75, 3.05) is 12.4 Å². The summed E-state index contributed by atoms with van der Waals surface area (Å²) in [5.41, 5.74) is 1.01. The van der Waals surface area contributed by atoms with Crippen LogP contribution in [0.25, 0.3) is 0 Å². The van der Waals surface area contributed by atoms with E-state index in [9.17, 15) is 14.7 Å². The SMILES string of the molecule is CC(C)(C)SCC(C1CC1)N1C(=O)C(Cc2ncc(C(=O)O)s2)OC[C@H]1c1ccc(Cl)cc1.Clc1ccccc1. The van der Waals surface area contributed by atoms with E-state index in [-0.39, 0.29) is 34.0 Å². The molecule has 2 heterocycles. The number of carboxylic acids is 1. The summed E-state index contributed by atoms with van der Waals surface area (Å²) < 4.78 is 6.18. The van der Waals surface area contributed by atoms with Gasteiger partial charge in [0.25, 0.3) is 5.91 Å². The molecule has 1 aromatic heterocycles. The molecule has 5 rings (SSSR count). The lowest BCUT2D eigenvalue weighted by Gasteiger charge is -2.44. The molecule has 1 saturated carbocycles. The number of halogens is 2. The molecule has 3 atom stereocenters. The summed E-state index contributed by atoms with van der Waals surface area (Å²) in [4.78, 5) is 31.5. The van der Waals surface area contributed by atoms with Crippen molar-refractivity contribution >= 4 is 58.2 Å². The van der Waals surface area contributed by atoms with E-state index >= 15 is 0 Å². The molecule has 0 spiro atoms. The van der Waals surface area contributed by atoms with Crippen molar-refractivity contribution in [1.82, 2.24) is 9.88 Å². The van der Waals surface area contributed by atoms with Crippen LogP contribution in [0.5, 0.6) is 0 Å². The van der Waals surface area contributed by atoms with Crippen molar-refractivity contribution in [3.63, 3.8) is 0 Å². The highest BCUT2D eigenvalue weighted by Crippen LogP contribution is 2.43. The standard InChI is InChI=1S/C24H29ClN2O4S2.C6H5Cl/c1-24(2,3)32-13-18(15-4-5-15)27-17(14-6-8-16(25)9-7-14)12-31-19(22(27)28)10-21-26-11-20(33-21)23(29)30;7-6-4-2-1-3-5-6/h6-9,11,15,17-19H,4-5,10,12-13H2,1-3H3,(H,29,30);1-5H/t17-,18?,19?;/m0./s1. The number of benzene rings is 2. The number of ether oxygens (including phenoxy) is 1. The summed E-state index contributed by atoms with van der Waals surface area (Å²) in [5.74, 6) is 0.319. The van der Waals surface area contributed by atoms with Gasteiger partial charge in [0.2, 0.25) is 0 Å². The number of carbonyl (C=O) groups excluding carboxylic acids is 1. The summed E-state index contributed by atoms with van der Waals surface area (Å²) in [5, 5.41) is 11.2. The number of morpholine rings is 1. The number of thiazole rings is 1. The first-order chi connectivity index (χ1) is 19.0. The number of hydrogen-bond donors (Lipinski definition) is 1. The maximum Gasteiger partial charge on any atom is 0.347 e. The Morgan fingerprint density at radius 2 is 1.77 bits per heavy atom. The van der Waals surface area contributed by atoms with Crippen LogP contribution < -0.4 is 0 Å². The third kappa shape index (κ3) is 8.70. The maximum absolute atomic E-state index is 13.8. The van der Waals surface area contributed by atoms with Crippen molar-refractivity contribution in [3.05, 3.63) is 86.3 Å². The predicted octanol–water partition coefficient (Wildman–Crippen LogP) is 7.66. The number of carboxylic acid groups (broad SMARTS) is 1. The number of aromatic carboxylic acids is 1. The number of rotatable bonds is 8. The van der Waals surface area contributed by atoms with E-state index in [0.717, 1.165) is 40.5 Å². The first-order valence-corrected chi connectivity index (χ1v) is 15.8. The molecule has 2 aliphatic rings. The van der Waals surface area contributed by atoms with Gasteiger partial charge >= 0.3 is 5.97 Å². The van der Waals surface area contributed by atoms with E-state index in [4.69, 9.17) is 27.9 Å². The molecule has 0 radical (unpaired) electrons. The molecule has 6 nitrogen and oxygen atoms in total. The van der Waals surface area contributed by atoms with Gasteiger partial charge < -0.3 is 14.7 Å². The molecule has 2 unspecified atom stereocenters. The Hall–Kier alpha value is -2.10. The molecule has 3 aromatic rings. The molecule has 1 aliphatic heterocycles. The van der Waals surface area contributed by atoms with E-state index in [1.807, 2.05) is 66.4 Å². The highest BCUT2D eigenvalue weighted by Gasteiger charge is 2.46. The summed E-state index contributed by atoms with van der Waals surface area (Å²) in [6.45, 7) is 6.98. The Bertz CT molecular complexity index is 1280. The third-order valence-corrected chi connectivity index (χ3v) is 9.53. The monoisotopic (exact) mass is 620 g/mol. The summed E-state index contributed by atoms with van der Waals surface area (Å²) in [6, 6.07) is 17.0. The van der Waals surface area contributed by atoms with Crippen LogP contribution in [-0.4, -0.2) is 56.1 Å². The summed E-state index contributed by atoms with van der Waals surface area (Å²) in [7, 11) is 0. The number of thioether (sulfide) groups is 1. The van der Waals surface area contributed by atoms with Crippen molar-refractivity contribution < 1.29 is 19.4 Å². The van der Waals surface area contributed by atoms with Gasteiger partial charge in [-0.15, -0.1) is 11.3 Å². The van der Waals surface area contributed by atoms with Gasteiger partial charge in [0.15, 0.2) is 0 Å². The molecular formula is C30H34Cl2N2O4S2. The molecule has 40 heavy (non-hydrogen) atoms. The highest BCUT2D eigenvalue weighted by molar-refractivity contribution is 8.00. The number of aromatic nitrogens is 1. The largest absolute Gasteiger partial charge is 0.477 e. The molecule has 1 amide bonds. The molecule has 1 saturated heterocycles. The van der Waals surface area contributed by atoms with Crippen LogP contribution in [0, 0.1) is 5.92 Å². The second-order valence-corrected chi connectivity index (χ2v) is 14.7. The lowest BCUT2D eigenvalue weighted by atomic mass is 9.98. The lowest BCUT2D eigenvalue weighted by Crippen LogP contribution is -2.56. The Labute approximate surface area is 254 Å². The van der Waals surface area contributed by atoms with Gasteiger partial charge in [-0.05, 0) is 48.6 Å². The fraction of sp³-hybridized carbons (Fsp3) is 0.433. The molecule has 2 fully saturated rings. The minimum absolute atomic E-state index is 0.0420. The van der Waals surface area contributed by atoms with Crippen LogP contribution in [-0.2, 0) is 16.0 Å². The van der Waals surface area contributed by atoms with Crippen molar-refractivity contribution in [2.24, 2.45) is 5.92 Å². The molecule has 1 N–H and O–H groups in total. The van der Waals surface area contributed by atoms with Gasteiger partial charge in [-0.2, -0.15) is 11.8 Å². The fourth-order valence-electron chi connectivity index (χ4n) is 4.50. The highest BCUT2D eigenvalue weighted by atomic mass is 35.5. The molecule has 0 bridgehead atoms. The number of carbonyl (C=O) groups is 2. The van der Waals surface area contributed by atoms with Gasteiger partial charge in [-0.1, -0.05) is 74.3 Å². The summed E-state index contributed by atoms with van der Waals surface area (Å²) >= 11 is 14.6. The average Bonchev–Trinajstić information content (AvgIpc) is 3.63. The Morgan fingerprint density at radius 3 is 2.30 bits per heavy atom. The Balaban J connectivity index is 0.000000461. The summed E-state index contributed by atoms with van der Waals surface area (Å²) in [6.07, 6.45) is 3.22. The van der Waals surface area contributed by atoms with Crippen LogP contribution in [0.15, 0.2) is 60.8 Å². The topological polar surface area (TPSA) is 79.7 Å². The molecule has 214 valence electrons. The van der Waals surface area contributed by atoms with Crippen molar-refractivity contribution in [1.29, 1.82) is 0 Å². The number of amides is 1. The van der Waals surface area contributed by atoms with E-state index in [2.05, 4.69) is 30.7 Å². The smallest absolute Gasteiger partial charge is 0.347 e. The maximum atomic E-state index is 13.8. The second kappa shape index (κ2) is 13.7. The minimum Gasteiger partial charge on any atom is -0.477 e. The van der Waals surface area contributed by atoms with E-state index in [1.54, 1.807) is 0 Å². The van der Waals surface area contributed by atoms with Crippen LogP contribution in [0.4, 0.5) is 0 Å². The van der Waals surface area contributed by atoms with Gasteiger partial charge in [0.1, 0.15) is 11.0 Å². The fourth-order valence-corrected chi connectivity index (χ4v) is 6.66. The quantitative estimate of drug-likeness (QED) is 0.278. The van der Waals surface area contributed by atoms with E-state index in [1.165, 1.54) is 6.20 Å². The van der Waals surface area contributed by atoms with Crippen molar-refractivity contribution in [3.8, 4) is 0 Å². The second-order valence-electron chi connectivity index (χ2n) is 10.9. The Kier molecular flexibility index (Phi) is 10.6. The van der Waals surface area contributed by atoms with Crippen molar-refractivity contribution in [2.45, 2.75) is 63.0 Å². The van der Waals surface area contributed by atoms with E-state index < -0.39 is 12.1 Å². The van der Waals surface area contributed by atoms with Gasteiger partial charge in [-0.3, -0.25) is 4.79 Å². The molecule has 1 aliphatic carbocycles. The first-order valence-electron chi connectivity index (χ1n) is 13.2. The number of hydrogen-bond acceptors (Lipinski definition) is 6. The molecule has 10 heteroatoms. The molecular weight excluding hydrogens is 587 g/mol. The van der Waals surface area contributed by atoms with E-state index in [0.29, 0.717) is 22.6 Å². The minimum atomic E-state index is -1.01. The molecule has 2 aromatic carbocycles. The Morgan fingerprint density at radius 1 is 1.12 bits per heavy atom. The first kappa shape index (κ1) is 30.8. The van der Waals surface area contributed by atoms with Gasteiger partial charge in [0.05, 0.1) is 23.9 Å². The van der Waals surface area contributed by atoms with Gasteiger partial charge in [-0.25, -0.2) is 9.78 Å². The third-order valence-electron chi connectivity index (χ3n) is 6.64. The zero-order valence-corrected chi connectivity index (χ0v) is 25.9. The predicted molar refractivity (Wildman–Crippen MR) is 164 cm³/mol. The van der Waals surface area contributed by atoms with Crippen LogP contribution in [0.3, 0.4) is 0 Å². The normalized spacial score (nSPS) is 20.0. The van der Waals surface area contributed by atoms with Gasteiger partial charge in [0, 0.05) is 33.0 Å². The zero-order chi connectivity index (χ0) is 28.9. The number of nitrogens with zero attached hydrogens (tertiary/aromatic N) is 2. The lowest BCUT2D eigenvalue weighted by molar-refractivity contribution is -0.164.